The van der Waals surface area contributed by atoms with E-state index in [1.807, 2.05) is 35.0 Å². The number of rotatable bonds is 6. The predicted octanol–water partition coefficient (Wildman–Crippen LogP) is 3.58. The summed E-state index contributed by atoms with van der Waals surface area (Å²) in [4.78, 5) is 15.2. The lowest BCUT2D eigenvalue weighted by Crippen LogP contribution is -2.38. The van der Waals surface area contributed by atoms with Crippen LogP contribution in [0.15, 0.2) is 48.9 Å². The molecule has 3 N–H and O–H groups in total. The fourth-order valence-corrected chi connectivity index (χ4v) is 4.46. The van der Waals surface area contributed by atoms with Crippen molar-refractivity contribution in [1.29, 1.82) is 0 Å². The maximum absolute atomic E-state index is 9.83. The van der Waals surface area contributed by atoms with Crippen LogP contribution in [0.5, 0.6) is 11.5 Å². The van der Waals surface area contributed by atoms with Crippen molar-refractivity contribution >= 4 is 29.0 Å². The lowest BCUT2D eigenvalue weighted by molar-refractivity contribution is 0.170. The number of methoxy groups -OCH3 is 1. The first-order chi connectivity index (χ1) is 16.5. The molecule has 0 atom stereocenters. The average molecular weight is 481 g/mol. The van der Waals surface area contributed by atoms with Gasteiger partial charge in [-0.05, 0) is 29.8 Å². The van der Waals surface area contributed by atoms with Crippen LogP contribution in [0.25, 0.3) is 16.9 Å². The van der Waals surface area contributed by atoms with Gasteiger partial charge in [-0.25, -0.2) is 9.97 Å². The first kappa shape index (κ1) is 22.2. The van der Waals surface area contributed by atoms with Crippen molar-refractivity contribution in [1.82, 2.24) is 19.4 Å². The van der Waals surface area contributed by atoms with E-state index in [0.29, 0.717) is 22.0 Å². The van der Waals surface area contributed by atoms with Crippen LogP contribution < -0.4 is 20.1 Å². The van der Waals surface area contributed by atoms with Crippen molar-refractivity contribution in [3.05, 3.63) is 59.5 Å². The monoisotopic (exact) mass is 480 g/mol. The maximum Gasteiger partial charge on any atom is 0.221 e. The summed E-state index contributed by atoms with van der Waals surface area (Å²) in [5, 5.41) is 10.3. The number of nitrogens with two attached hydrogens (primary N) is 1. The Kier molecular flexibility index (Phi) is 6.12. The first-order valence-corrected chi connectivity index (χ1v) is 11.4. The lowest BCUT2D eigenvalue weighted by atomic mass is 10.1. The zero-order valence-electron chi connectivity index (χ0n) is 18.7. The number of halogens is 1. The van der Waals surface area contributed by atoms with Crippen LogP contribution in [-0.2, 0) is 6.61 Å². The molecule has 1 saturated heterocycles. The van der Waals surface area contributed by atoms with Gasteiger partial charge in [0, 0.05) is 56.2 Å². The first-order valence-electron chi connectivity index (χ1n) is 11.0. The van der Waals surface area contributed by atoms with E-state index in [1.54, 1.807) is 25.4 Å². The molecule has 1 aliphatic heterocycles. The third kappa shape index (κ3) is 4.44. The van der Waals surface area contributed by atoms with E-state index < -0.39 is 0 Å². The van der Waals surface area contributed by atoms with Crippen molar-refractivity contribution in [2.24, 2.45) is 0 Å². The van der Waals surface area contributed by atoms with E-state index >= 15 is 0 Å². The molecule has 176 valence electrons. The number of hydrogen-bond donors (Lipinski definition) is 2. The van der Waals surface area contributed by atoms with Gasteiger partial charge in [-0.2, -0.15) is 4.98 Å². The standard InChI is InChI=1S/C24H25ClN6O3/c1-33-21-10-15(14-32)18(12-19(21)25)20-13-31-9-5-17(11-23(31)28-20)34-16-3-7-30(8-4-16)22-2-6-27-24(26)29-22/h2,5-6,9-13,16,32H,3-4,7-8,14H2,1H3,(H2,26,27,29). The molecule has 0 radical (unpaired) electrons. The lowest BCUT2D eigenvalue weighted by Gasteiger charge is -2.32. The van der Waals surface area contributed by atoms with Gasteiger partial charge < -0.3 is 29.6 Å². The predicted molar refractivity (Wildman–Crippen MR) is 130 cm³/mol. The minimum atomic E-state index is -0.147. The number of piperidine rings is 1. The molecule has 10 heteroatoms. The molecular formula is C24H25ClN6O3. The van der Waals surface area contributed by atoms with Gasteiger partial charge in [0.15, 0.2) is 0 Å². The molecule has 0 unspecified atom stereocenters. The van der Waals surface area contributed by atoms with Crippen molar-refractivity contribution in [3.63, 3.8) is 0 Å². The van der Waals surface area contributed by atoms with Gasteiger partial charge in [0.1, 0.15) is 29.1 Å². The zero-order chi connectivity index (χ0) is 23.7. The average Bonchev–Trinajstić information content (AvgIpc) is 3.27. The Labute approximate surface area is 201 Å². The molecule has 0 bridgehead atoms. The molecule has 4 heterocycles. The Bertz CT molecular complexity index is 1320. The highest BCUT2D eigenvalue weighted by molar-refractivity contribution is 6.32. The van der Waals surface area contributed by atoms with Crippen molar-refractivity contribution in [2.75, 3.05) is 30.8 Å². The maximum atomic E-state index is 9.83. The van der Waals surface area contributed by atoms with E-state index in [-0.39, 0.29) is 18.7 Å². The highest BCUT2D eigenvalue weighted by Gasteiger charge is 2.22. The Morgan fingerprint density at radius 1 is 1.18 bits per heavy atom. The number of pyridine rings is 1. The quantitative estimate of drug-likeness (QED) is 0.431. The number of hydrogen-bond acceptors (Lipinski definition) is 8. The second-order valence-electron chi connectivity index (χ2n) is 8.13. The van der Waals surface area contributed by atoms with E-state index in [9.17, 15) is 5.11 Å². The molecule has 9 nitrogen and oxygen atoms in total. The van der Waals surface area contributed by atoms with Crippen LogP contribution in [0.1, 0.15) is 18.4 Å². The van der Waals surface area contributed by atoms with Gasteiger partial charge in [-0.15, -0.1) is 0 Å². The Hall–Kier alpha value is -3.56. The topological polar surface area (TPSA) is 111 Å². The fraction of sp³-hybridized carbons (Fsp3) is 0.292. The largest absolute Gasteiger partial charge is 0.495 e. The number of aromatic nitrogens is 4. The SMILES string of the molecule is COc1cc(CO)c(-c2cn3ccc(OC4CCN(c5ccnc(N)n5)CC4)cc3n2)cc1Cl. The van der Waals surface area contributed by atoms with E-state index in [0.717, 1.165) is 48.7 Å². The number of aliphatic hydroxyl groups is 1. The smallest absolute Gasteiger partial charge is 0.221 e. The molecule has 0 spiro atoms. The molecule has 5 rings (SSSR count). The van der Waals surface area contributed by atoms with E-state index in [4.69, 9.17) is 31.8 Å². The Morgan fingerprint density at radius 2 is 2.00 bits per heavy atom. The molecule has 4 aromatic rings. The molecule has 1 aromatic carbocycles. The summed E-state index contributed by atoms with van der Waals surface area (Å²) in [6.45, 7) is 1.52. The van der Waals surface area contributed by atoms with Gasteiger partial charge in [0.25, 0.3) is 0 Å². The third-order valence-corrected chi connectivity index (χ3v) is 6.28. The van der Waals surface area contributed by atoms with Gasteiger partial charge in [-0.1, -0.05) is 11.6 Å². The second-order valence-corrected chi connectivity index (χ2v) is 8.54. The Morgan fingerprint density at radius 3 is 2.74 bits per heavy atom. The summed E-state index contributed by atoms with van der Waals surface area (Å²) in [7, 11) is 1.55. The van der Waals surface area contributed by atoms with Crippen molar-refractivity contribution < 1.29 is 14.6 Å². The van der Waals surface area contributed by atoms with Crippen molar-refractivity contribution in [2.45, 2.75) is 25.6 Å². The van der Waals surface area contributed by atoms with Crippen LogP contribution in [0.3, 0.4) is 0 Å². The number of fused-ring (bicyclic) bond motifs is 1. The van der Waals surface area contributed by atoms with Crippen LogP contribution >= 0.6 is 11.6 Å². The summed E-state index contributed by atoms with van der Waals surface area (Å²) in [6.07, 6.45) is 7.36. The molecule has 1 aliphatic rings. The third-order valence-electron chi connectivity index (χ3n) is 5.98. The molecule has 3 aromatic heterocycles. The second kappa shape index (κ2) is 9.36. The van der Waals surface area contributed by atoms with Crippen LogP contribution in [0.4, 0.5) is 11.8 Å². The number of benzene rings is 1. The molecule has 1 fully saturated rings. The molecular weight excluding hydrogens is 456 g/mol. The highest BCUT2D eigenvalue weighted by atomic mass is 35.5. The van der Waals surface area contributed by atoms with Crippen LogP contribution in [-0.4, -0.2) is 50.8 Å². The van der Waals surface area contributed by atoms with Crippen molar-refractivity contribution in [3.8, 4) is 22.8 Å². The number of nitrogens with zero attached hydrogens (tertiary/aromatic N) is 5. The molecule has 0 amide bonds. The van der Waals surface area contributed by atoms with E-state index in [2.05, 4.69) is 14.9 Å². The zero-order valence-corrected chi connectivity index (χ0v) is 19.4. The minimum absolute atomic E-state index is 0.105. The number of ether oxygens (including phenoxy) is 2. The fourth-order valence-electron chi connectivity index (χ4n) is 4.22. The summed E-state index contributed by atoms with van der Waals surface area (Å²) in [5.41, 5.74) is 8.62. The summed E-state index contributed by atoms with van der Waals surface area (Å²) >= 11 is 6.32. The molecule has 34 heavy (non-hydrogen) atoms. The van der Waals surface area contributed by atoms with E-state index in [1.165, 1.54) is 0 Å². The summed E-state index contributed by atoms with van der Waals surface area (Å²) in [6, 6.07) is 9.23. The van der Waals surface area contributed by atoms with Gasteiger partial charge in [0.2, 0.25) is 5.95 Å². The molecule has 0 saturated carbocycles. The van der Waals surface area contributed by atoms with Gasteiger partial charge in [-0.3, -0.25) is 0 Å². The molecule has 0 aliphatic carbocycles. The number of anilines is 2. The van der Waals surface area contributed by atoms with Crippen LogP contribution in [0.2, 0.25) is 5.02 Å². The van der Waals surface area contributed by atoms with Gasteiger partial charge in [0.05, 0.1) is 24.4 Å². The normalized spacial score (nSPS) is 14.5. The minimum Gasteiger partial charge on any atom is -0.495 e. The number of imidazole rings is 1. The Balaban J connectivity index is 1.31. The van der Waals surface area contributed by atoms with Gasteiger partial charge >= 0.3 is 0 Å². The van der Waals surface area contributed by atoms with Crippen LogP contribution in [0, 0.1) is 0 Å². The number of aliphatic hydroxyl groups excluding tert-OH is 1. The summed E-state index contributed by atoms with van der Waals surface area (Å²) in [5.74, 6) is 2.41. The highest BCUT2D eigenvalue weighted by Crippen LogP contribution is 2.34. The number of nitrogen functional groups attached to an aromatic ring is 1. The summed E-state index contributed by atoms with van der Waals surface area (Å²) < 4.78 is 13.4.